The van der Waals surface area contributed by atoms with E-state index >= 15 is 0 Å². The normalized spacial score (nSPS) is 12.6. The van der Waals surface area contributed by atoms with Crippen LogP contribution in [0.15, 0.2) is 57.2 Å². The van der Waals surface area contributed by atoms with E-state index in [1.54, 1.807) is 12.4 Å². The number of hydrogen-bond donors (Lipinski definition) is 1. The van der Waals surface area contributed by atoms with Crippen LogP contribution in [0.4, 0.5) is 5.69 Å². The monoisotopic (exact) mass is 345 g/mol. The van der Waals surface area contributed by atoms with Crippen LogP contribution in [0.1, 0.15) is 16.7 Å². The molecule has 0 saturated carbocycles. The standard InChI is InChI=1S/C15H12BrN3O2/c16-14-4-1-11(2-5-14)10-20-17-8-12-3-6-15-13(7-12)9-18-21-19-15/h1-9,19H,10H2/b17-8+. The van der Waals surface area contributed by atoms with Crippen molar-refractivity contribution in [2.45, 2.75) is 6.61 Å². The van der Waals surface area contributed by atoms with Crippen molar-refractivity contribution < 1.29 is 9.78 Å². The molecule has 5 nitrogen and oxygen atoms in total. The summed E-state index contributed by atoms with van der Waals surface area (Å²) in [7, 11) is 0. The number of rotatable bonds is 4. The van der Waals surface area contributed by atoms with Crippen molar-refractivity contribution in [2.75, 3.05) is 5.48 Å². The highest BCUT2D eigenvalue weighted by molar-refractivity contribution is 9.10. The summed E-state index contributed by atoms with van der Waals surface area (Å²) >= 11 is 3.39. The van der Waals surface area contributed by atoms with Crippen LogP contribution in [0, 0.1) is 0 Å². The fourth-order valence-electron chi connectivity index (χ4n) is 1.81. The van der Waals surface area contributed by atoms with Gasteiger partial charge in [-0.1, -0.05) is 44.4 Å². The molecule has 0 radical (unpaired) electrons. The number of benzene rings is 2. The van der Waals surface area contributed by atoms with Crippen LogP contribution < -0.4 is 5.48 Å². The first-order valence-electron chi connectivity index (χ1n) is 6.30. The van der Waals surface area contributed by atoms with Crippen LogP contribution in [-0.2, 0) is 16.4 Å². The molecule has 0 aliphatic carbocycles. The van der Waals surface area contributed by atoms with E-state index in [1.807, 2.05) is 42.5 Å². The van der Waals surface area contributed by atoms with E-state index < -0.39 is 0 Å². The Bertz CT molecular complexity index is 684. The largest absolute Gasteiger partial charge is 0.391 e. The number of nitrogens with zero attached hydrogens (tertiary/aromatic N) is 2. The maximum Gasteiger partial charge on any atom is 0.142 e. The molecule has 0 unspecified atom stereocenters. The quantitative estimate of drug-likeness (QED) is 0.679. The molecule has 0 amide bonds. The third kappa shape index (κ3) is 3.61. The first kappa shape index (κ1) is 13.6. The van der Waals surface area contributed by atoms with Crippen LogP contribution in [-0.4, -0.2) is 12.4 Å². The molecule has 0 spiro atoms. The van der Waals surface area contributed by atoms with Gasteiger partial charge in [-0.2, -0.15) is 5.48 Å². The number of anilines is 1. The first-order valence-corrected chi connectivity index (χ1v) is 7.10. The van der Waals surface area contributed by atoms with Crippen molar-refractivity contribution in [2.24, 2.45) is 10.3 Å². The topological polar surface area (TPSA) is 55.2 Å². The molecule has 106 valence electrons. The molecule has 1 aliphatic rings. The lowest BCUT2D eigenvalue weighted by molar-refractivity contribution is 0.132. The van der Waals surface area contributed by atoms with Gasteiger partial charge in [0.2, 0.25) is 0 Å². The molecule has 0 aromatic heterocycles. The van der Waals surface area contributed by atoms with Gasteiger partial charge in [0.15, 0.2) is 0 Å². The van der Waals surface area contributed by atoms with E-state index in [0.29, 0.717) is 6.61 Å². The molecule has 0 fully saturated rings. The van der Waals surface area contributed by atoms with Gasteiger partial charge in [-0.05, 0) is 35.4 Å². The van der Waals surface area contributed by atoms with Crippen LogP contribution >= 0.6 is 15.9 Å². The highest BCUT2D eigenvalue weighted by Gasteiger charge is 2.05. The highest BCUT2D eigenvalue weighted by Crippen LogP contribution is 2.18. The Morgan fingerprint density at radius 1 is 1.24 bits per heavy atom. The molecule has 0 atom stereocenters. The Morgan fingerprint density at radius 2 is 2.10 bits per heavy atom. The van der Waals surface area contributed by atoms with E-state index in [4.69, 9.17) is 9.78 Å². The summed E-state index contributed by atoms with van der Waals surface area (Å²) in [5, 5.41) is 7.66. The van der Waals surface area contributed by atoms with Crippen LogP contribution in [0.25, 0.3) is 0 Å². The Morgan fingerprint density at radius 3 is 2.95 bits per heavy atom. The van der Waals surface area contributed by atoms with Gasteiger partial charge in [0.05, 0.1) is 18.1 Å². The van der Waals surface area contributed by atoms with Crippen molar-refractivity contribution in [1.29, 1.82) is 0 Å². The van der Waals surface area contributed by atoms with E-state index in [9.17, 15) is 0 Å². The maximum atomic E-state index is 5.29. The lowest BCUT2D eigenvalue weighted by Gasteiger charge is -2.10. The summed E-state index contributed by atoms with van der Waals surface area (Å²) in [6.07, 6.45) is 3.31. The van der Waals surface area contributed by atoms with Gasteiger partial charge in [0.25, 0.3) is 0 Å². The molecular formula is C15H12BrN3O2. The Balaban J connectivity index is 1.59. The van der Waals surface area contributed by atoms with Crippen LogP contribution in [0.2, 0.25) is 0 Å². The fourth-order valence-corrected chi connectivity index (χ4v) is 2.07. The average Bonchev–Trinajstić information content (AvgIpc) is 2.53. The minimum Gasteiger partial charge on any atom is -0.391 e. The zero-order valence-electron chi connectivity index (χ0n) is 11.0. The first-order chi connectivity index (χ1) is 10.3. The van der Waals surface area contributed by atoms with E-state index in [-0.39, 0.29) is 0 Å². The van der Waals surface area contributed by atoms with Gasteiger partial charge in [-0.25, -0.2) is 0 Å². The number of hydrogen-bond acceptors (Lipinski definition) is 5. The summed E-state index contributed by atoms with van der Waals surface area (Å²) in [5.41, 5.74) is 6.52. The second kappa shape index (κ2) is 6.41. The van der Waals surface area contributed by atoms with Crippen LogP contribution in [0.5, 0.6) is 0 Å². The summed E-state index contributed by atoms with van der Waals surface area (Å²) in [6, 6.07) is 13.7. The lowest BCUT2D eigenvalue weighted by atomic mass is 10.1. The number of nitrogens with one attached hydrogen (secondary N) is 1. The Labute approximate surface area is 130 Å². The fraction of sp³-hybridized carbons (Fsp3) is 0.0667. The van der Waals surface area contributed by atoms with Gasteiger partial charge in [-0.15, -0.1) is 0 Å². The zero-order chi connectivity index (χ0) is 14.5. The van der Waals surface area contributed by atoms with Gasteiger partial charge >= 0.3 is 0 Å². The molecule has 3 rings (SSSR count). The molecule has 1 aliphatic heterocycles. The van der Waals surface area contributed by atoms with Gasteiger partial charge < -0.3 is 4.84 Å². The van der Waals surface area contributed by atoms with Crippen LogP contribution in [0.3, 0.4) is 0 Å². The lowest BCUT2D eigenvalue weighted by Crippen LogP contribution is -2.05. The molecule has 0 saturated heterocycles. The molecule has 21 heavy (non-hydrogen) atoms. The predicted molar refractivity (Wildman–Crippen MR) is 85.3 cm³/mol. The van der Waals surface area contributed by atoms with Crippen molar-refractivity contribution in [1.82, 2.24) is 0 Å². The SMILES string of the molecule is Brc1ccc(CO/N=C/c2ccc3c(c2)C=NON3)cc1. The maximum absolute atomic E-state index is 5.29. The average molecular weight is 346 g/mol. The number of halogens is 1. The minimum absolute atomic E-state index is 0.436. The number of oxime groups is 2. The summed E-state index contributed by atoms with van der Waals surface area (Å²) in [6.45, 7) is 0.436. The van der Waals surface area contributed by atoms with E-state index in [1.165, 1.54) is 0 Å². The summed E-state index contributed by atoms with van der Waals surface area (Å²) in [5.74, 6) is 0. The third-order valence-electron chi connectivity index (χ3n) is 2.90. The van der Waals surface area contributed by atoms with Crippen molar-refractivity contribution in [3.05, 3.63) is 63.6 Å². The van der Waals surface area contributed by atoms with Gasteiger partial charge in [0.1, 0.15) is 6.61 Å². The van der Waals surface area contributed by atoms with Gasteiger partial charge in [-0.3, -0.25) is 4.94 Å². The number of fused-ring (bicyclic) bond motifs is 1. The molecule has 6 heteroatoms. The third-order valence-corrected chi connectivity index (χ3v) is 3.43. The molecule has 2 aromatic carbocycles. The molecule has 2 aromatic rings. The summed E-state index contributed by atoms with van der Waals surface area (Å²) < 4.78 is 1.04. The molecule has 1 heterocycles. The predicted octanol–water partition coefficient (Wildman–Crippen LogP) is 3.69. The van der Waals surface area contributed by atoms with Crippen molar-refractivity contribution in [3.8, 4) is 0 Å². The second-order valence-electron chi connectivity index (χ2n) is 4.41. The molecule has 0 bridgehead atoms. The molecule has 1 N–H and O–H groups in total. The van der Waals surface area contributed by atoms with E-state index in [0.717, 1.165) is 26.9 Å². The van der Waals surface area contributed by atoms with E-state index in [2.05, 4.69) is 31.7 Å². The van der Waals surface area contributed by atoms with Crippen molar-refractivity contribution in [3.63, 3.8) is 0 Å². The van der Waals surface area contributed by atoms with Crippen molar-refractivity contribution >= 4 is 34.0 Å². The van der Waals surface area contributed by atoms with Gasteiger partial charge in [0, 0.05) is 10.0 Å². The highest BCUT2D eigenvalue weighted by atomic mass is 79.9. The Kier molecular flexibility index (Phi) is 4.16. The second-order valence-corrected chi connectivity index (χ2v) is 5.32. The Hall–Kier alpha value is -2.34. The summed E-state index contributed by atoms with van der Waals surface area (Å²) in [4.78, 5) is 10.0. The smallest absolute Gasteiger partial charge is 0.142 e. The molecular weight excluding hydrogens is 334 g/mol. The zero-order valence-corrected chi connectivity index (χ0v) is 12.6. The minimum atomic E-state index is 0.436.